The molecule has 0 atom stereocenters. The van der Waals surface area contributed by atoms with Gasteiger partial charge in [0.1, 0.15) is 5.69 Å². The van der Waals surface area contributed by atoms with E-state index in [1.807, 2.05) is 6.07 Å². The van der Waals surface area contributed by atoms with E-state index in [9.17, 15) is 13.6 Å². The quantitative estimate of drug-likeness (QED) is 0.905. The molecule has 0 radical (unpaired) electrons. The Hall–Kier alpha value is -2.94. The Morgan fingerprint density at radius 1 is 1.24 bits per heavy atom. The minimum atomic E-state index is -1.41. The number of carbonyl (C=O) groups is 1. The molecule has 2 rings (SSSR count). The molecule has 6 heteroatoms. The van der Waals surface area contributed by atoms with Crippen LogP contribution in [0.2, 0.25) is 0 Å². The smallest absolute Gasteiger partial charge is 0.335 e. The zero-order chi connectivity index (χ0) is 15.6. The molecule has 0 heterocycles. The van der Waals surface area contributed by atoms with E-state index in [1.54, 1.807) is 19.1 Å². The first-order valence-corrected chi connectivity index (χ1v) is 5.92. The van der Waals surface area contributed by atoms with Crippen LogP contribution in [-0.2, 0) is 0 Å². The number of nitrogens with one attached hydrogen (secondary N) is 1. The highest BCUT2D eigenvalue weighted by molar-refractivity contribution is 5.88. The Bertz CT molecular complexity index is 744. The van der Waals surface area contributed by atoms with Gasteiger partial charge < -0.3 is 10.4 Å². The number of hydrogen-bond donors (Lipinski definition) is 2. The lowest BCUT2D eigenvalue weighted by molar-refractivity contribution is 0.0696. The van der Waals surface area contributed by atoms with Crippen LogP contribution in [0.3, 0.4) is 0 Å². The molecule has 0 amide bonds. The molecule has 0 aliphatic rings. The third-order valence-electron chi connectivity index (χ3n) is 2.92. The van der Waals surface area contributed by atoms with Crippen LogP contribution in [0.1, 0.15) is 21.5 Å². The fraction of sp³-hybridized carbons (Fsp3) is 0.0667. The fourth-order valence-corrected chi connectivity index (χ4v) is 1.78. The van der Waals surface area contributed by atoms with Crippen molar-refractivity contribution in [3.63, 3.8) is 0 Å². The maximum atomic E-state index is 13.8. The summed E-state index contributed by atoms with van der Waals surface area (Å²) < 4.78 is 27.7. The van der Waals surface area contributed by atoms with Gasteiger partial charge in [0.25, 0.3) is 0 Å². The van der Waals surface area contributed by atoms with Crippen molar-refractivity contribution in [3.05, 3.63) is 58.7 Å². The van der Waals surface area contributed by atoms with Crippen LogP contribution in [0.4, 0.5) is 20.2 Å². The molecule has 0 spiro atoms. The number of nitriles is 1. The molecule has 0 unspecified atom stereocenters. The van der Waals surface area contributed by atoms with Gasteiger partial charge in [-0.25, -0.2) is 13.6 Å². The topological polar surface area (TPSA) is 73.1 Å². The number of aromatic carboxylic acids is 1. The zero-order valence-electron chi connectivity index (χ0n) is 10.9. The summed E-state index contributed by atoms with van der Waals surface area (Å²) in [4.78, 5) is 10.7. The zero-order valence-corrected chi connectivity index (χ0v) is 10.9. The van der Waals surface area contributed by atoms with Gasteiger partial charge >= 0.3 is 5.97 Å². The molecular weight excluding hydrogens is 278 g/mol. The third-order valence-corrected chi connectivity index (χ3v) is 2.92. The number of anilines is 2. The number of halogens is 2. The van der Waals surface area contributed by atoms with Crippen molar-refractivity contribution in [1.29, 1.82) is 5.26 Å². The number of aryl methyl sites for hydroxylation is 1. The van der Waals surface area contributed by atoms with E-state index in [0.717, 1.165) is 12.1 Å². The van der Waals surface area contributed by atoms with Gasteiger partial charge in [-0.05, 0) is 36.8 Å². The molecule has 0 aliphatic carbocycles. The van der Waals surface area contributed by atoms with Gasteiger partial charge in [0.2, 0.25) is 0 Å². The van der Waals surface area contributed by atoms with Crippen LogP contribution in [-0.4, -0.2) is 11.1 Å². The molecule has 0 aromatic heterocycles. The second-order valence-corrected chi connectivity index (χ2v) is 4.39. The Labute approximate surface area is 119 Å². The maximum absolute atomic E-state index is 13.8. The van der Waals surface area contributed by atoms with Gasteiger partial charge in [-0.1, -0.05) is 6.07 Å². The first kappa shape index (κ1) is 14.5. The molecule has 0 aliphatic heterocycles. The second kappa shape index (κ2) is 5.59. The van der Waals surface area contributed by atoms with E-state index in [1.165, 1.54) is 6.07 Å². The van der Waals surface area contributed by atoms with Gasteiger partial charge in [-0.15, -0.1) is 0 Å². The van der Waals surface area contributed by atoms with Gasteiger partial charge in [-0.3, -0.25) is 0 Å². The summed E-state index contributed by atoms with van der Waals surface area (Å²) in [7, 11) is 0. The summed E-state index contributed by atoms with van der Waals surface area (Å²) in [6.07, 6.45) is 0. The molecular formula is C15H10F2N2O2. The highest BCUT2D eigenvalue weighted by Gasteiger charge is 2.15. The highest BCUT2D eigenvalue weighted by Crippen LogP contribution is 2.27. The van der Waals surface area contributed by atoms with Crippen molar-refractivity contribution in [3.8, 4) is 6.07 Å². The summed E-state index contributed by atoms with van der Waals surface area (Å²) >= 11 is 0. The predicted octanol–water partition coefficient (Wildman–Crippen LogP) is 3.59. The number of carboxylic acids is 1. The van der Waals surface area contributed by atoms with E-state index in [0.29, 0.717) is 16.8 Å². The standard InChI is InChI=1S/C15H10F2N2O2/c1-8-2-3-9(7-18)4-13(8)19-14-11(16)5-10(15(20)21)6-12(14)17/h2-6,19H,1H3,(H,20,21). The number of benzene rings is 2. The van der Waals surface area contributed by atoms with Gasteiger partial charge in [0.15, 0.2) is 11.6 Å². The molecule has 21 heavy (non-hydrogen) atoms. The van der Waals surface area contributed by atoms with Gasteiger partial charge in [0, 0.05) is 5.69 Å². The van der Waals surface area contributed by atoms with E-state index in [4.69, 9.17) is 10.4 Å². The average molecular weight is 288 g/mol. The monoisotopic (exact) mass is 288 g/mol. The van der Waals surface area contributed by atoms with Crippen molar-refractivity contribution < 1.29 is 18.7 Å². The largest absolute Gasteiger partial charge is 0.478 e. The Morgan fingerprint density at radius 2 is 1.86 bits per heavy atom. The lowest BCUT2D eigenvalue weighted by Gasteiger charge is -2.12. The first-order chi connectivity index (χ1) is 9.92. The van der Waals surface area contributed by atoms with Gasteiger partial charge in [0.05, 0.1) is 17.2 Å². The normalized spacial score (nSPS) is 10.0. The maximum Gasteiger partial charge on any atom is 0.335 e. The number of nitrogens with zero attached hydrogens (tertiary/aromatic N) is 1. The molecule has 106 valence electrons. The number of carboxylic acid groups (broad SMARTS) is 1. The molecule has 0 bridgehead atoms. The van der Waals surface area contributed by atoms with Crippen LogP contribution >= 0.6 is 0 Å². The molecule has 2 aromatic rings. The third kappa shape index (κ3) is 2.98. The first-order valence-electron chi connectivity index (χ1n) is 5.92. The van der Waals surface area contributed by atoms with Crippen molar-refractivity contribution in [1.82, 2.24) is 0 Å². The van der Waals surface area contributed by atoms with E-state index < -0.39 is 28.9 Å². The van der Waals surface area contributed by atoms with Crippen molar-refractivity contribution in [2.75, 3.05) is 5.32 Å². The summed E-state index contributed by atoms with van der Waals surface area (Å²) in [5.41, 5.74) is 0.465. The highest BCUT2D eigenvalue weighted by atomic mass is 19.1. The minimum absolute atomic E-state index is 0.339. The lowest BCUT2D eigenvalue weighted by atomic mass is 10.1. The summed E-state index contributed by atoms with van der Waals surface area (Å²) in [6, 6.07) is 8.08. The molecule has 0 saturated heterocycles. The molecule has 4 nitrogen and oxygen atoms in total. The van der Waals surface area contributed by atoms with Crippen LogP contribution < -0.4 is 5.32 Å². The van der Waals surface area contributed by atoms with Gasteiger partial charge in [-0.2, -0.15) is 5.26 Å². The Balaban J connectivity index is 2.45. The van der Waals surface area contributed by atoms with E-state index in [-0.39, 0.29) is 0 Å². The van der Waals surface area contributed by atoms with E-state index in [2.05, 4.69) is 5.32 Å². The lowest BCUT2D eigenvalue weighted by Crippen LogP contribution is -2.04. The molecule has 0 saturated carbocycles. The van der Waals surface area contributed by atoms with Crippen molar-refractivity contribution in [2.24, 2.45) is 0 Å². The average Bonchev–Trinajstić information content (AvgIpc) is 2.44. The van der Waals surface area contributed by atoms with Crippen LogP contribution in [0.5, 0.6) is 0 Å². The molecule has 2 aromatic carbocycles. The number of rotatable bonds is 3. The molecule has 2 N–H and O–H groups in total. The second-order valence-electron chi connectivity index (χ2n) is 4.39. The minimum Gasteiger partial charge on any atom is -0.478 e. The SMILES string of the molecule is Cc1ccc(C#N)cc1Nc1c(F)cc(C(=O)O)cc1F. The summed E-state index contributed by atoms with van der Waals surface area (Å²) in [5, 5.41) is 20.1. The van der Waals surface area contributed by atoms with Crippen molar-refractivity contribution >= 4 is 17.3 Å². The van der Waals surface area contributed by atoms with Crippen LogP contribution in [0.25, 0.3) is 0 Å². The molecule has 0 fully saturated rings. The Kier molecular flexibility index (Phi) is 3.85. The summed E-state index contributed by atoms with van der Waals surface area (Å²) in [5.74, 6) is -3.45. The van der Waals surface area contributed by atoms with E-state index >= 15 is 0 Å². The fourth-order valence-electron chi connectivity index (χ4n) is 1.78. The number of hydrogen-bond acceptors (Lipinski definition) is 3. The summed E-state index contributed by atoms with van der Waals surface area (Å²) in [6.45, 7) is 1.71. The van der Waals surface area contributed by atoms with Crippen LogP contribution in [0, 0.1) is 29.9 Å². The van der Waals surface area contributed by atoms with Crippen molar-refractivity contribution in [2.45, 2.75) is 6.92 Å². The Morgan fingerprint density at radius 3 is 2.38 bits per heavy atom. The predicted molar refractivity (Wildman–Crippen MR) is 72.5 cm³/mol. The van der Waals surface area contributed by atoms with Crippen LogP contribution in [0.15, 0.2) is 30.3 Å².